The molecule has 0 aliphatic heterocycles. The van der Waals surface area contributed by atoms with Crippen LogP contribution in [0.4, 0.5) is 0 Å². The van der Waals surface area contributed by atoms with E-state index in [-0.39, 0.29) is 6.61 Å². The molecule has 0 fully saturated rings. The summed E-state index contributed by atoms with van der Waals surface area (Å²) in [6.07, 6.45) is 0.575. The molecule has 3 aromatic carbocycles. The standard InChI is InChI=1S/C25H24O5/c1-18(19-9-4-3-5-10-19)17-29-15-8-16-30-25(27)23-14-13-22(24(26)28-2)20-11-6-7-12-21(20)23/h3-7,9-14H,1,8,15-17H2,2H3. The van der Waals surface area contributed by atoms with Crippen LogP contribution in [0.25, 0.3) is 16.3 Å². The molecule has 5 nitrogen and oxygen atoms in total. The summed E-state index contributed by atoms with van der Waals surface area (Å²) in [6.45, 7) is 5.15. The molecule has 154 valence electrons. The number of fused-ring (bicyclic) bond motifs is 1. The van der Waals surface area contributed by atoms with Crippen LogP contribution in [0.15, 0.2) is 73.3 Å². The highest BCUT2D eigenvalue weighted by atomic mass is 16.5. The van der Waals surface area contributed by atoms with E-state index in [0.717, 1.165) is 11.1 Å². The van der Waals surface area contributed by atoms with E-state index in [1.165, 1.54) is 7.11 Å². The molecule has 0 saturated heterocycles. The molecule has 3 rings (SSSR count). The highest BCUT2D eigenvalue weighted by Gasteiger charge is 2.17. The van der Waals surface area contributed by atoms with Crippen molar-refractivity contribution in [2.24, 2.45) is 0 Å². The zero-order valence-corrected chi connectivity index (χ0v) is 16.9. The predicted molar refractivity (Wildman–Crippen MR) is 116 cm³/mol. The number of hydrogen-bond donors (Lipinski definition) is 0. The topological polar surface area (TPSA) is 61.8 Å². The Morgan fingerprint density at radius 3 is 2.03 bits per heavy atom. The van der Waals surface area contributed by atoms with Gasteiger partial charge in [-0.05, 0) is 34.0 Å². The molecule has 0 unspecified atom stereocenters. The number of ether oxygens (including phenoxy) is 3. The number of carbonyl (C=O) groups excluding carboxylic acids is 2. The van der Waals surface area contributed by atoms with Gasteiger partial charge in [0.15, 0.2) is 0 Å². The second kappa shape index (κ2) is 10.4. The summed E-state index contributed by atoms with van der Waals surface area (Å²) in [5, 5.41) is 1.31. The fraction of sp³-hybridized carbons (Fsp3) is 0.200. The Morgan fingerprint density at radius 1 is 0.800 bits per heavy atom. The smallest absolute Gasteiger partial charge is 0.338 e. The molecule has 5 heteroatoms. The van der Waals surface area contributed by atoms with Gasteiger partial charge in [0.25, 0.3) is 0 Å². The van der Waals surface area contributed by atoms with Gasteiger partial charge < -0.3 is 14.2 Å². The minimum atomic E-state index is -0.444. The first-order valence-corrected chi connectivity index (χ1v) is 9.70. The van der Waals surface area contributed by atoms with Crippen molar-refractivity contribution in [1.82, 2.24) is 0 Å². The zero-order valence-electron chi connectivity index (χ0n) is 16.9. The minimum Gasteiger partial charge on any atom is -0.465 e. The second-order valence-electron chi connectivity index (χ2n) is 6.71. The molecule has 0 aromatic heterocycles. The molecule has 3 aromatic rings. The van der Waals surface area contributed by atoms with Gasteiger partial charge in [-0.15, -0.1) is 0 Å². The Bertz CT molecular complexity index is 1040. The minimum absolute atomic E-state index is 0.240. The van der Waals surface area contributed by atoms with Gasteiger partial charge in [0.1, 0.15) is 0 Å². The van der Waals surface area contributed by atoms with Crippen LogP contribution in [0.3, 0.4) is 0 Å². The molecular formula is C25H24O5. The molecule has 0 radical (unpaired) electrons. The van der Waals surface area contributed by atoms with Crippen molar-refractivity contribution in [3.05, 3.63) is 90.0 Å². The molecule has 0 aliphatic rings. The molecule has 0 saturated carbocycles. The van der Waals surface area contributed by atoms with E-state index in [1.807, 2.05) is 42.5 Å². The molecule has 0 heterocycles. The summed E-state index contributed by atoms with van der Waals surface area (Å²) in [7, 11) is 1.33. The highest BCUT2D eigenvalue weighted by Crippen LogP contribution is 2.24. The lowest BCUT2D eigenvalue weighted by atomic mass is 9.99. The molecule has 0 spiro atoms. The predicted octanol–water partition coefficient (Wildman–Crippen LogP) is 4.90. The van der Waals surface area contributed by atoms with E-state index in [0.29, 0.717) is 41.5 Å². The Balaban J connectivity index is 1.51. The largest absolute Gasteiger partial charge is 0.465 e. The van der Waals surface area contributed by atoms with Crippen molar-refractivity contribution in [3.8, 4) is 0 Å². The van der Waals surface area contributed by atoms with Gasteiger partial charge >= 0.3 is 11.9 Å². The van der Waals surface area contributed by atoms with Crippen LogP contribution in [0.5, 0.6) is 0 Å². The van der Waals surface area contributed by atoms with Gasteiger partial charge in [0.05, 0.1) is 38.1 Å². The van der Waals surface area contributed by atoms with Crippen LogP contribution >= 0.6 is 0 Å². The summed E-state index contributed by atoms with van der Waals surface area (Å²) in [6, 6.07) is 20.2. The lowest BCUT2D eigenvalue weighted by Gasteiger charge is -2.11. The van der Waals surface area contributed by atoms with E-state index in [9.17, 15) is 9.59 Å². The van der Waals surface area contributed by atoms with E-state index in [1.54, 1.807) is 24.3 Å². The molecule has 0 aliphatic carbocycles. The van der Waals surface area contributed by atoms with Crippen LogP contribution in [0.2, 0.25) is 0 Å². The lowest BCUT2D eigenvalue weighted by molar-refractivity contribution is 0.0461. The number of esters is 2. The zero-order chi connectivity index (χ0) is 21.3. The quantitative estimate of drug-likeness (QED) is 0.375. The summed E-state index contributed by atoms with van der Waals surface area (Å²) in [5.41, 5.74) is 2.78. The monoisotopic (exact) mass is 404 g/mol. The molecule has 0 N–H and O–H groups in total. The first kappa shape index (κ1) is 21.3. The first-order chi connectivity index (χ1) is 14.6. The van der Waals surface area contributed by atoms with Gasteiger partial charge in [-0.1, -0.05) is 61.2 Å². The van der Waals surface area contributed by atoms with Gasteiger partial charge in [-0.3, -0.25) is 0 Å². The molecule has 0 bridgehead atoms. The number of rotatable bonds is 9. The van der Waals surface area contributed by atoms with Gasteiger partial charge in [-0.25, -0.2) is 9.59 Å². The third-order valence-corrected chi connectivity index (χ3v) is 4.67. The number of benzene rings is 3. The average molecular weight is 404 g/mol. The number of hydrogen-bond acceptors (Lipinski definition) is 5. The summed E-state index contributed by atoms with van der Waals surface area (Å²) in [5.74, 6) is -0.878. The van der Waals surface area contributed by atoms with E-state index >= 15 is 0 Å². The van der Waals surface area contributed by atoms with Crippen molar-refractivity contribution in [2.75, 3.05) is 26.9 Å². The Labute approximate surface area is 175 Å². The number of methoxy groups -OCH3 is 1. The van der Waals surface area contributed by atoms with Crippen molar-refractivity contribution in [2.45, 2.75) is 6.42 Å². The Hall–Kier alpha value is -3.44. The van der Waals surface area contributed by atoms with Gasteiger partial charge in [0.2, 0.25) is 0 Å². The average Bonchev–Trinajstić information content (AvgIpc) is 2.80. The normalized spacial score (nSPS) is 10.6. The molecule has 0 amide bonds. The van der Waals surface area contributed by atoms with E-state index in [2.05, 4.69) is 6.58 Å². The maximum atomic E-state index is 12.5. The summed E-state index contributed by atoms with van der Waals surface area (Å²) < 4.78 is 15.8. The summed E-state index contributed by atoms with van der Waals surface area (Å²) in [4.78, 5) is 24.5. The van der Waals surface area contributed by atoms with Gasteiger partial charge in [0, 0.05) is 6.42 Å². The van der Waals surface area contributed by atoms with Gasteiger partial charge in [-0.2, -0.15) is 0 Å². The fourth-order valence-corrected chi connectivity index (χ4v) is 3.12. The van der Waals surface area contributed by atoms with Crippen LogP contribution in [-0.2, 0) is 14.2 Å². The van der Waals surface area contributed by atoms with Crippen LogP contribution in [-0.4, -0.2) is 38.9 Å². The third kappa shape index (κ3) is 5.13. The maximum absolute atomic E-state index is 12.5. The second-order valence-corrected chi connectivity index (χ2v) is 6.71. The van der Waals surface area contributed by atoms with Crippen LogP contribution in [0, 0.1) is 0 Å². The third-order valence-electron chi connectivity index (χ3n) is 4.67. The molecular weight excluding hydrogens is 380 g/mol. The fourth-order valence-electron chi connectivity index (χ4n) is 3.12. The van der Waals surface area contributed by atoms with E-state index in [4.69, 9.17) is 14.2 Å². The van der Waals surface area contributed by atoms with E-state index < -0.39 is 11.9 Å². The molecule has 30 heavy (non-hydrogen) atoms. The maximum Gasteiger partial charge on any atom is 0.338 e. The molecule has 0 atom stereocenters. The van der Waals surface area contributed by atoms with Crippen molar-refractivity contribution in [1.29, 1.82) is 0 Å². The van der Waals surface area contributed by atoms with Crippen molar-refractivity contribution < 1.29 is 23.8 Å². The lowest BCUT2D eigenvalue weighted by Crippen LogP contribution is -2.10. The van der Waals surface area contributed by atoms with Crippen LogP contribution in [0.1, 0.15) is 32.7 Å². The van der Waals surface area contributed by atoms with Crippen molar-refractivity contribution >= 4 is 28.3 Å². The SMILES string of the molecule is C=C(COCCCOC(=O)c1ccc(C(=O)OC)c2ccccc12)c1ccccc1. The Morgan fingerprint density at radius 2 is 1.40 bits per heavy atom. The first-order valence-electron chi connectivity index (χ1n) is 9.70. The van der Waals surface area contributed by atoms with Crippen LogP contribution < -0.4 is 0 Å². The highest BCUT2D eigenvalue weighted by molar-refractivity contribution is 6.11. The number of carbonyl (C=O) groups is 2. The summed E-state index contributed by atoms with van der Waals surface area (Å²) >= 11 is 0. The van der Waals surface area contributed by atoms with Crippen molar-refractivity contribution in [3.63, 3.8) is 0 Å². The Kier molecular flexibility index (Phi) is 7.35.